The molecule has 1 aliphatic rings. The number of rotatable bonds is 7. The number of nitrogens with one attached hydrogen (secondary N) is 1. The number of nitrogens with zero attached hydrogens (tertiary/aromatic N) is 2. The molecule has 0 saturated heterocycles. The standard InChI is InChI=1S/C25H22N4O4S/c1-33-16-9-10-17-18(14-5-3-2-4-6-14)12-21(27-19(17)11-16)34-13-20(30)22-23(26)29(15-7-8-15)25(32)28-24(22)31/h2-6,9-12,15H,7-8,13,26H2,1H3,(H,28,31,32). The van der Waals surface area contributed by atoms with E-state index in [-0.39, 0.29) is 23.2 Å². The Morgan fingerprint density at radius 3 is 2.65 bits per heavy atom. The average Bonchev–Trinajstić information content (AvgIpc) is 3.67. The van der Waals surface area contributed by atoms with Gasteiger partial charge in [-0.2, -0.15) is 0 Å². The van der Waals surface area contributed by atoms with E-state index in [2.05, 4.69) is 4.98 Å². The summed E-state index contributed by atoms with van der Waals surface area (Å²) in [7, 11) is 1.60. The summed E-state index contributed by atoms with van der Waals surface area (Å²) in [5.74, 6) is 0.112. The lowest BCUT2D eigenvalue weighted by atomic mass is 10.0. The Morgan fingerprint density at radius 1 is 1.18 bits per heavy atom. The molecule has 3 N–H and O–H groups in total. The summed E-state index contributed by atoms with van der Waals surface area (Å²) in [6.07, 6.45) is 1.59. The van der Waals surface area contributed by atoms with Crippen molar-refractivity contribution in [2.24, 2.45) is 0 Å². The number of thioether (sulfide) groups is 1. The number of anilines is 1. The summed E-state index contributed by atoms with van der Waals surface area (Å²) >= 11 is 1.21. The molecule has 0 aliphatic heterocycles. The molecule has 1 fully saturated rings. The summed E-state index contributed by atoms with van der Waals surface area (Å²) in [5.41, 5.74) is 7.30. The Kier molecular flexibility index (Phi) is 5.70. The van der Waals surface area contributed by atoms with Gasteiger partial charge < -0.3 is 10.5 Å². The molecule has 34 heavy (non-hydrogen) atoms. The van der Waals surface area contributed by atoms with Gasteiger partial charge in [-0.05, 0) is 42.2 Å². The van der Waals surface area contributed by atoms with Crippen molar-refractivity contribution in [3.63, 3.8) is 0 Å². The molecule has 5 rings (SSSR count). The van der Waals surface area contributed by atoms with Crippen molar-refractivity contribution in [2.45, 2.75) is 23.9 Å². The molecular formula is C25H22N4O4S. The maximum atomic E-state index is 13.0. The lowest BCUT2D eigenvalue weighted by Crippen LogP contribution is -2.36. The third-order valence-corrected chi connectivity index (χ3v) is 6.71. The number of aromatic amines is 1. The van der Waals surface area contributed by atoms with Crippen molar-refractivity contribution < 1.29 is 9.53 Å². The van der Waals surface area contributed by atoms with Crippen molar-refractivity contribution in [1.82, 2.24) is 14.5 Å². The summed E-state index contributed by atoms with van der Waals surface area (Å²) in [4.78, 5) is 44.5. The number of H-pyrrole nitrogens is 1. The molecular weight excluding hydrogens is 452 g/mol. The number of ketones is 1. The minimum Gasteiger partial charge on any atom is -0.497 e. The molecule has 2 aromatic heterocycles. The number of carbonyl (C=O) groups is 1. The number of ether oxygens (including phenoxy) is 1. The van der Waals surface area contributed by atoms with Gasteiger partial charge in [0.2, 0.25) is 0 Å². The molecule has 9 heteroatoms. The van der Waals surface area contributed by atoms with Crippen LogP contribution in [-0.4, -0.2) is 33.2 Å². The van der Waals surface area contributed by atoms with Crippen LogP contribution in [0.2, 0.25) is 0 Å². The molecule has 172 valence electrons. The zero-order chi connectivity index (χ0) is 23.8. The van der Waals surface area contributed by atoms with Gasteiger partial charge in [0.1, 0.15) is 17.1 Å². The minimum absolute atomic E-state index is 0.0488. The number of nitrogens with two attached hydrogens (primary N) is 1. The van der Waals surface area contributed by atoms with Crippen LogP contribution in [0, 0.1) is 0 Å². The van der Waals surface area contributed by atoms with Crippen LogP contribution in [0.3, 0.4) is 0 Å². The predicted octanol–water partition coefficient (Wildman–Crippen LogP) is 3.65. The fourth-order valence-corrected chi connectivity index (χ4v) is 4.77. The Bertz CT molecular complexity index is 1520. The first kappa shape index (κ1) is 22.0. The summed E-state index contributed by atoms with van der Waals surface area (Å²) in [6, 6.07) is 17.5. The Balaban J connectivity index is 1.50. The average molecular weight is 475 g/mol. The Labute approximate surface area is 198 Å². The van der Waals surface area contributed by atoms with Crippen molar-refractivity contribution in [2.75, 3.05) is 18.6 Å². The molecule has 0 unspecified atom stereocenters. The number of carbonyl (C=O) groups excluding carboxylic acids is 1. The zero-order valence-electron chi connectivity index (χ0n) is 18.4. The first-order chi connectivity index (χ1) is 16.5. The largest absolute Gasteiger partial charge is 0.497 e. The number of benzene rings is 2. The van der Waals surface area contributed by atoms with Gasteiger partial charge in [-0.25, -0.2) is 9.78 Å². The van der Waals surface area contributed by atoms with E-state index in [4.69, 9.17) is 15.5 Å². The van der Waals surface area contributed by atoms with Crippen LogP contribution in [0.15, 0.2) is 69.2 Å². The van der Waals surface area contributed by atoms with Gasteiger partial charge in [0.05, 0.1) is 23.4 Å². The van der Waals surface area contributed by atoms with Gasteiger partial charge in [-0.15, -0.1) is 0 Å². The van der Waals surface area contributed by atoms with E-state index < -0.39 is 17.0 Å². The molecule has 1 aliphatic carbocycles. The highest BCUT2D eigenvalue weighted by Crippen LogP contribution is 2.36. The van der Waals surface area contributed by atoms with Crippen molar-refractivity contribution in [1.29, 1.82) is 0 Å². The van der Waals surface area contributed by atoms with Gasteiger partial charge in [0, 0.05) is 17.5 Å². The van der Waals surface area contributed by atoms with Gasteiger partial charge in [0.15, 0.2) is 5.78 Å². The van der Waals surface area contributed by atoms with E-state index >= 15 is 0 Å². The van der Waals surface area contributed by atoms with Crippen molar-refractivity contribution in [3.8, 4) is 16.9 Å². The summed E-state index contributed by atoms with van der Waals surface area (Å²) in [5, 5.41) is 1.58. The Morgan fingerprint density at radius 2 is 1.94 bits per heavy atom. The lowest BCUT2D eigenvalue weighted by molar-refractivity contribution is 0.102. The highest BCUT2D eigenvalue weighted by Gasteiger charge is 2.30. The second-order valence-electron chi connectivity index (χ2n) is 8.09. The molecule has 0 bridgehead atoms. The van der Waals surface area contributed by atoms with Gasteiger partial charge in [-0.3, -0.25) is 19.1 Å². The second-order valence-corrected chi connectivity index (χ2v) is 9.09. The van der Waals surface area contributed by atoms with E-state index in [1.807, 2.05) is 54.6 Å². The van der Waals surface area contributed by atoms with Crippen LogP contribution < -0.4 is 21.7 Å². The van der Waals surface area contributed by atoms with Crippen LogP contribution in [0.1, 0.15) is 29.2 Å². The fraction of sp³-hybridized carbons (Fsp3) is 0.200. The number of hydrogen-bond acceptors (Lipinski definition) is 7. The maximum absolute atomic E-state index is 13.0. The number of nitrogen functional groups attached to an aromatic ring is 1. The number of Topliss-reactive ketones (excluding diaryl/α,β-unsaturated/α-hetero) is 1. The normalized spacial score (nSPS) is 13.2. The van der Waals surface area contributed by atoms with Crippen LogP contribution in [0.25, 0.3) is 22.0 Å². The zero-order valence-corrected chi connectivity index (χ0v) is 19.2. The quantitative estimate of drug-likeness (QED) is 0.310. The van der Waals surface area contributed by atoms with Crippen LogP contribution in [0.4, 0.5) is 5.82 Å². The highest BCUT2D eigenvalue weighted by molar-refractivity contribution is 7.99. The number of methoxy groups -OCH3 is 1. The van der Waals surface area contributed by atoms with E-state index in [0.717, 1.165) is 34.9 Å². The number of aromatic nitrogens is 3. The third-order valence-electron chi connectivity index (χ3n) is 5.80. The van der Waals surface area contributed by atoms with Crippen LogP contribution in [0.5, 0.6) is 5.75 Å². The van der Waals surface area contributed by atoms with Gasteiger partial charge >= 0.3 is 5.69 Å². The predicted molar refractivity (Wildman–Crippen MR) is 133 cm³/mol. The van der Waals surface area contributed by atoms with Crippen LogP contribution in [-0.2, 0) is 0 Å². The molecule has 0 atom stereocenters. The molecule has 8 nitrogen and oxygen atoms in total. The third kappa shape index (κ3) is 4.10. The topological polar surface area (TPSA) is 120 Å². The lowest BCUT2D eigenvalue weighted by Gasteiger charge is -2.12. The first-order valence-electron chi connectivity index (χ1n) is 10.8. The van der Waals surface area contributed by atoms with E-state index in [9.17, 15) is 14.4 Å². The monoisotopic (exact) mass is 474 g/mol. The number of pyridine rings is 1. The fourth-order valence-electron chi connectivity index (χ4n) is 3.98. The van der Waals surface area contributed by atoms with Gasteiger partial charge in [-0.1, -0.05) is 42.1 Å². The molecule has 1 saturated carbocycles. The Hall–Kier alpha value is -3.85. The van der Waals surface area contributed by atoms with Crippen molar-refractivity contribution >= 4 is 34.3 Å². The molecule has 2 heterocycles. The van der Waals surface area contributed by atoms with Crippen molar-refractivity contribution in [3.05, 3.63) is 81.0 Å². The van der Waals surface area contributed by atoms with Crippen LogP contribution >= 0.6 is 11.8 Å². The first-order valence-corrected chi connectivity index (χ1v) is 11.8. The smallest absolute Gasteiger partial charge is 0.330 e. The SMILES string of the molecule is COc1ccc2c(-c3ccccc3)cc(SCC(=O)c3c(N)n(C4CC4)c(=O)[nH]c3=O)nc2c1. The maximum Gasteiger partial charge on any atom is 0.330 e. The van der Waals surface area contributed by atoms with Gasteiger partial charge in [0.25, 0.3) is 5.56 Å². The molecule has 2 aromatic carbocycles. The number of hydrogen-bond donors (Lipinski definition) is 2. The molecule has 4 aromatic rings. The number of fused-ring (bicyclic) bond motifs is 1. The molecule has 0 spiro atoms. The summed E-state index contributed by atoms with van der Waals surface area (Å²) < 4.78 is 6.67. The summed E-state index contributed by atoms with van der Waals surface area (Å²) in [6.45, 7) is 0. The molecule has 0 radical (unpaired) electrons. The second kappa shape index (κ2) is 8.83. The van der Waals surface area contributed by atoms with E-state index in [0.29, 0.717) is 10.8 Å². The minimum atomic E-state index is -0.758. The highest BCUT2D eigenvalue weighted by atomic mass is 32.2. The van der Waals surface area contributed by atoms with E-state index in [1.165, 1.54) is 16.3 Å². The van der Waals surface area contributed by atoms with E-state index in [1.54, 1.807) is 7.11 Å². The molecule has 0 amide bonds.